The normalized spacial score (nSPS) is 16.6. The first-order valence-electron chi connectivity index (χ1n) is 14.6. The molecule has 4 aromatic rings. The highest BCUT2D eigenvalue weighted by molar-refractivity contribution is 7.89. The third kappa shape index (κ3) is 5.80. The summed E-state index contributed by atoms with van der Waals surface area (Å²) in [5, 5.41) is 20.8. The maximum Gasteiger partial charge on any atom is 0.355 e. The molecule has 0 radical (unpaired) electrons. The number of halogens is 2. The molecular formula is C30H30F2N8O6S2. The van der Waals surface area contributed by atoms with Gasteiger partial charge in [-0.1, -0.05) is 0 Å². The number of hydrogen-bond acceptors (Lipinski definition) is 10. The Morgan fingerprint density at radius 2 is 1.71 bits per heavy atom. The summed E-state index contributed by atoms with van der Waals surface area (Å²) in [7, 11) is -2.45. The van der Waals surface area contributed by atoms with Gasteiger partial charge in [0, 0.05) is 61.0 Å². The zero-order chi connectivity index (χ0) is 34.7. The van der Waals surface area contributed by atoms with Gasteiger partial charge in [-0.15, -0.1) is 11.3 Å². The molecule has 2 amide bonds. The van der Waals surface area contributed by atoms with Crippen LogP contribution in [0.2, 0.25) is 0 Å². The molecule has 1 saturated heterocycles. The molecule has 14 nitrogen and oxygen atoms in total. The van der Waals surface area contributed by atoms with Crippen LogP contribution in [0.3, 0.4) is 0 Å². The Balaban J connectivity index is 1.38. The molecule has 18 heteroatoms. The summed E-state index contributed by atoms with van der Waals surface area (Å²) in [6, 6.07) is 4.93. The summed E-state index contributed by atoms with van der Waals surface area (Å²) in [6.07, 6.45) is 0. The van der Waals surface area contributed by atoms with Gasteiger partial charge in [0.1, 0.15) is 16.6 Å². The number of piperazine rings is 1. The first kappa shape index (κ1) is 33.1. The van der Waals surface area contributed by atoms with Crippen LogP contribution in [0.1, 0.15) is 56.3 Å². The summed E-state index contributed by atoms with van der Waals surface area (Å²) in [6.45, 7) is 5.44. The maximum atomic E-state index is 14.0. The van der Waals surface area contributed by atoms with Crippen molar-refractivity contribution in [3.8, 4) is 10.6 Å². The fourth-order valence-electron chi connectivity index (χ4n) is 5.92. The second kappa shape index (κ2) is 12.0. The molecule has 0 aliphatic carbocycles. The number of carboxylic acid groups (broad SMARTS) is 1. The first-order valence-corrected chi connectivity index (χ1v) is 16.9. The number of hydrogen-bond donors (Lipinski definition) is 4. The van der Waals surface area contributed by atoms with E-state index < -0.39 is 49.9 Å². The fourth-order valence-corrected chi connectivity index (χ4v) is 8.50. The van der Waals surface area contributed by atoms with Crippen molar-refractivity contribution in [1.29, 1.82) is 0 Å². The lowest BCUT2D eigenvalue weighted by molar-refractivity contribution is 0.0691. The van der Waals surface area contributed by atoms with E-state index in [1.165, 1.54) is 17.5 Å². The van der Waals surface area contributed by atoms with Crippen LogP contribution in [0.4, 0.5) is 20.3 Å². The van der Waals surface area contributed by atoms with Crippen molar-refractivity contribution in [2.45, 2.75) is 30.8 Å². The van der Waals surface area contributed by atoms with E-state index in [0.29, 0.717) is 59.8 Å². The second-order valence-corrected chi connectivity index (χ2v) is 14.7. The average molecular weight is 701 g/mol. The molecule has 0 spiro atoms. The van der Waals surface area contributed by atoms with Crippen molar-refractivity contribution in [1.82, 2.24) is 24.4 Å². The Labute approximate surface area is 277 Å². The van der Waals surface area contributed by atoms with Gasteiger partial charge in [0.2, 0.25) is 15.9 Å². The van der Waals surface area contributed by atoms with Gasteiger partial charge in [-0.05, 0) is 45.2 Å². The Hall–Kier alpha value is -4.78. The van der Waals surface area contributed by atoms with Crippen LogP contribution in [0, 0.1) is 11.6 Å². The largest absolute Gasteiger partial charge is 0.476 e. The van der Waals surface area contributed by atoms with Crippen molar-refractivity contribution < 1.29 is 36.7 Å². The lowest BCUT2D eigenvalue weighted by atomic mass is 9.99. The van der Waals surface area contributed by atoms with Gasteiger partial charge in [0.15, 0.2) is 11.5 Å². The van der Waals surface area contributed by atoms with Gasteiger partial charge in [-0.3, -0.25) is 14.7 Å². The van der Waals surface area contributed by atoms with Crippen molar-refractivity contribution in [3.05, 3.63) is 75.4 Å². The van der Waals surface area contributed by atoms with Gasteiger partial charge in [-0.2, -0.15) is 9.40 Å². The Morgan fingerprint density at radius 3 is 2.31 bits per heavy atom. The van der Waals surface area contributed by atoms with Crippen molar-refractivity contribution in [2.75, 3.05) is 43.4 Å². The van der Waals surface area contributed by atoms with E-state index in [2.05, 4.69) is 25.4 Å². The minimum atomic E-state index is -4.43. The Kier molecular flexibility index (Phi) is 8.30. The number of nitrogens with zero attached hydrogens (tertiary/aromatic N) is 5. The van der Waals surface area contributed by atoms with Gasteiger partial charge in [0.05, 0.1) is 27.3 Å². The first-order chi connectivity index (χ1) is 22.6. The van der Waals surface area contributed by atoms with E-state index >= 15 is 0 Å². The number of carboxylic acids is 1. The monoisotopic (exact) mass is 700 g/mol. The number of nitrogens with one attached hydrogen (secondary N) is 2. The second-order valence-electron chi connectivity index (χ2n) is 12.0. The van der Waals surface area contributed by atoms with E-state index in [4.69, 9.17) is 5.73 Å². The van der Waals surface area contributed by atoms with E-state index in [-0.39, 0.29) is 29.2 Å². The van der Waals surface area contributed by atoms with E-state index in [9.17, 15) is 36.7 Å². The number of carbonyl (C=O) groups excluding carboxylic acids is 2. The minimum Gasteiger partial charge on any atom is -0.476 e. The maximum absolute atomic E-state index is 14.0. The SMILES string of the molecule is CN1CCN(c2cc(C(N)=O)c(C(=O)Nc3n[nH]c4c3CN(S(=O)(=O)c3cc(F)cc(F)c3)C4(C)C)cc2-c2nc(C(=O)O)cs2)CC1. The number of thiazole rings is 1. The minimum absolute atomic E-state index is 0.0336. The molecule has 6 rings (SSSR count). The molecule has 2 aromatic heterocycles. The summed E-state index contributed by atoms with van der Waals surface area (Å²) >= 11 is 1.06. The van der Waals surface area contributed by atoms with Crippen LogP contribution in [0.5, 0.6) is 0 Å². The average Bonchev–Trinajstić information content (AvgIpc) is 3.73. The molecule has 1 fully saturated rings. The van der Waals surface area contributed by atoms with E-state index in [1.54, 1.807) is 13.8 Å². The molecule has 48 heavy (non-hydrogen) atoms. The third-order valence-corrected chi connectivity index (χ3v) is 11.4. The molecule has 0 bridgehead atoms. The molecule has 2 aliphatic heterocycles. The van der Waals surface area contributed by atoms with Crippen molar-refractivity contribution in [2.24, 2.45) is 5.73 Å². The number of H-pyrrole nitrogens is 1. The van der Waals surface area contributed by atoms with Gasteiger partial charge in [-0.25, -0.2) is 27.0 Å². The molecule has 0 unspecified atom stereocenters. The van der Waals surface area contributed by atoms with E-state index in [0.717, 1.165) is 27.8 Å². The molecular weight excluding hydrogens is 671 g/mol. The number of anilines is 2. The highest BCUT2D eigenvalue weighted by Crippen LogP contribution is 2.44. The number of nitrogens with two attached hydrogens (primary N) is 1. The van der Waals surface area contributed by atoms with Crippen LogP contribution >= 0.6 is 11.3 Å². The van der Waals surface area contributed by atoms with Crippen molar-refractivity contribution in [3.63, 3.8) is 0 Å². The van der Waals surface area contributed by atoms with Crippen LogP contribution < -0.4 is 16.0 Å². The standard InChI is InChI=1S/C30H30F2N8O6S2/c1-30(2)24-21(13-40(30)48(45,46)17-9-15(31)8-16(32)10-17)26(37-36-24)35-27(42)19-11-20(28-34-22(14-47-28)29(43)44)23(12-18(19)25(33)41)39-6-4-38(3)5-7-39/h8-12,14H,4-7,13H2,1-3H3,(H2,33,41)(H,43,44)(H2,35,36,37,42). The number of aromatic carboxylic acids is 1. The number of rotatable bonds is 8. The smallest absolute Gasteiger partial charge is 0.355 e. The fraction of sp³-hybridized carbons (Fsp3) is 0.300. The molecule has 2 aliphatic rings. The Bertz CT molecular complexity index is 2070. The number of carbonyl (C=O) groups is 3. The molecule has 0 atom stereocenters. The number of likely N-dealkylation sites (N-methyl/N-ethyl adjacent to an activating group) is 1. The topological polar surface area (TPSA) is 195 Å². The van der Waals surface area contributed by atoms with Crippen LogP contribution in [0.15, 0.2) is 40.6 Å². The summed E-state index contributed by atoms with van der Waals surface area (Å²) in [5.41, 5.74) is 5.67. The predicted molar refractivity (Wildman–Crippen MR) is 171 cm³/mol. The third-order valence-electron chi connectivity index (χ3n) is 8.50. The Morgan fingerprint density at radius 1 is 1.04 bits per heavy atom. The number of aromatic nitrogens is 3. The number of sulfonamides is 1. The summed E-state index contributed by atoms with van der Waals surface area (Å²) in [4.78, 5) is 46.0. The number of aromatic amines is 1. The van der Waals surface area contributed by atoms with Crippen LogP contribution in [-0.4, -0.2) is 88.9 Å². The van der Waals surface area contributed by atoms with E-state index in [1.807, 2.05) is 11.9 Å². The molecule has 252 valence electrons. The number of fused-ring (bicyclic) bond motifs is 1. The lowest BCUT2D eigenvalue weighted by Gasteiger charge is -2.35. The number of primary amides is 1. The summed E-state index contributed by atoms with van der Waals surface area (Å²) < 4.78 is 56.1. The molecule has 2 aromatic carbocycles. The quantitative estimate of drug-likeness (QED) is 0.212. The molecule has 4 heterocycles. The number of benzene rings is 2. The zero-order valence-electron chi connectivity index (χ0n) is 25.9. The van der Waals surface area contributed by atoms with Gasteiger partial charge in [0.25, 0.3) is 5.91 Å². The highest BCUT2D eigenvalue weighted by atomic mass is 32.2. The molecule has 5 N–H and O–H groups in total. The van der Waals surface area contributed by atoms with Gasteiger partial charge < -0.3 is 26.0 Å². The lowest BCUT2D eigenvalue weighted by Crippen LogP contribution is -2.44. The van der Waals surface area contributed by atoms with Gasteiger partial charge >= 0.3 is 5.97 Å². The zero-order valence-corrected chi connectivity index (χ0v) is 27.5. The summed E-state index contributed by atoms with van der Waals surface area (Å²) in [5.74, 6) is -5.06. The van der Waals surface area contributed by atoms with Crippen LogP contribution in [-0.2, 0) is 22.1 Å². The van der Waals surface area contributed by atoms with Crippen molar-refractivity contribution >= 4 is 50.6 Å². The highest BCUT2D eigenvalue weighted by Gasteiger charge is 2.48. The number of amides is 2. The predicted octanol–water partition coefficient (Wildman–Crippen LogP) is 3.05. The van der Waals surface area contributed by atoms with Crippen LogP contribution in [0.25, 0.3) is 10.6 Å². The molecule has 0 saturated carbocycles.